The molecule has 0 saturated carbocycles. The van der Waals surface area contributed by atoms with Crippen LogP contribution in [0.25, 0.3) is 11.3 Å². The van der Waals surface area contributed by atoms with Crippen molar-refractivity contribution in [3.05, 3.63) is 34.3 Å². The molecule has 1 aromatic carbocycles. The summed E-state index contributed by atoms with van der Waals surface area (Å²) < 4.78 is 2.90. The highest BCUT2D eigenvalue weighted by molar-refractivity contribution is 9.10. The van der Waals surface area contributed by atoms with Gasteiger partial charge in [0.25, 0.3) is 0 Å². The molecule has 0 atom stereocenters. The Morgan fingerprint density at radius 2 is 2.06 bits per heavy atom. The second kappa shape index (κ2) is 4.29. The molecule has 1 heterocycles. The second-order valence-corrected chi connectivity index (χ2v) is 4.52. The third kappa shape index (κ3) is 1.73. The molecule has 0 aliphatic rings. The first-order chi connectivity index (χ1) is 7.65. The summed E-state index contributed by atoms with van der Waals surface area (Å²) in [5, 5.41) is 4.27. The number of aryl methyl sites for hydroxylation is 1. The van der Waals surface area contributed by atoms with E-state index in [9.17, 15) is 0 Å². The topological polar surface area (TPSA) is 43.8 Å². The quantitative estimate of drug-likeness (QED) is 0.919. The maximum atomic E-state index is 5.89. The van der Waals surface area contributed by atoms with Crippen LogP contribution in [0.3, 0.4) is 0 Å². The van der Waals surface area contributed by atoms with E-state index in [1.165, 1.54) is 0 Å². The van der Waals surface area contributed by atoms with Crippen LogP contribution in [0.5, 0.6) is 0 Å². The predicted octanol–water partition coefficient (Wildman–Crippen LogP) is 2.99. The van der Waals surface area contributed by atoms with E-state index in [1.54, 1.807) is 0 Å². The molecule has 0 bridgehead atoms. The van der Waals surface area contributed by atoms with E-state index < -0.39 is 0 Å². The Bertz CT molecular complexity index is 517. The van der Waals surface area contributed by atoms with E-state index in [-0.39, 0.29) is 0 Å². The normalized spacial score (nSPS) is 10.7. The molecule has 1 aromatic heterocycles. The van der Waals surface area contributed by atoms with E-state index in [0.717, 1.165) is 27.7 Å². The summed E-state index contributed by atoms with van der Waals surface area (Å²) in [4.78, 5) is 0. The summed E-state index contributed by atoms with van der Waals surface area (Å²) in [6, 6.07) is 8.11. The monoisotopic (exact) mass is 279 g/mol. The van der Waals surface area contributed by atoms with Crippen molar-refractivity contribution in [1.82, 2.24) is 9.78 Å². The van der Waals surface area contributed by atoms with Crippen molar-refractivity contribution in [3.8, 4) is 11.3 Å². The molecule has 0 unspecified atom stereocenters. The Kier molecular flexibility index (Phi) is 3.01. The molecule has 2 aromatic rings. The van der Waals surface area contributed by atoms with Gasteiger partial charge in [0.1, 0.15) is 5.82 Å². The summed E-state index contributed by atoms with van der Waals surface area (Å²) in [5.41, 5.74) is 9.22. The fourth-order valence-corrected chi connectivity index (χ4v) is 2.40. The molecule has 0 aliphatic carbocycles. The average Bonchev–Trinajstić information content (AvgIpc) is 2.54. The minimum atomic E-state index is 0.621. The fourth-order valence-electron chi connectivity index (χ4n) is 1.93. The fraction of sp³-hybridized carbons (Fsp3) is 0.250. The van der Waals surface area contributed by atoms with Gasteiger partial charge >= 0.3 is 0 Å². The van der Waals surface area contributed by atoms with Crippen LogP contribution in [-0.4, -0.2) is 9.78 Å². The zero-order valence-corrected chi connectivity index (χ0v) is 11.0. The first-order valence-corrected chi connectivity index (χ1v) is 6.00. The van der Waals surface area contributed by atoms with Gasteiger partial charge in [-0.05, 0) is 12.5 Å². The Morgan fingerprint density at radius 3 is 2.69 bits per heavy atom. The lowest BCUT2D eigenvalue weighted by atomic mass is 10.1. The van der Waals surface area contributed by atoms with Crippen LogP contribution < -0.4 is 5.73 Å². The SMILES string of the molecule is CCc1c(N)nn(C)c1-c1ccccc1Br. The number of benzene rings is 1. The molecule has 2 N–H and O–H groups in total. The maximum Gasteiger partial charge on any atom is 0.149 e. The Hall–Kier alpha value is -1.29. The summed E-state index contributed by atoms with van der Waals surface area (Å²) in [5.74, 6) is 0.621. The molecule has 0 saturated heterocycles. The highest BCUT2D eigenvalue weighted by Gasteiger charge is 2.15. The zero-order valence-electron chi connectivity index (χ0n) is 9.37. The van der Waals surface area contributed by atoms with Crippen molar-refractivity contribution in [3.63, 3.8) is 0 Å². The molecule has 0 aliphatic heterocycles. The maximum absolute atomic E-state index is 5.89. The van der Waals surface area contributed by atoms with Gasteiger partial charge in [0.05, 0.1) is 5.69 Å². The lowest BCUT2D eigenvalue weighted by molar-refractivity contribution is 0.779. The molecule has 16 heavy (non-hydrogen) atoms. The van der Waals surface area contributed by atoms with Crippen molar-refractivity contribution < 1.29 is 0 Å². The highest BCUT2D eigenvalue weighted by atomic mass is 79.9. The molecule has 4 heteroatoms. The second-order valence-electron chi connectivity index (χ2n) is 3.67. The summed E-state index contributed by atoms with van der Waals surface area (Å²) in [7, 11) is 1.92. The van der Waals surface area contributed by atoms with Crippen molar-refractivity contribution in [1.29, 1.82) is 0 Å². The van der Waals surface area contributed by atoms with Crippen LogP contribution in [0.2, 0.25) is 0 Å². The van der Waals surface area contributed by atoms with Gasteiger partial charge in [-0.15, -0.1) is 0 Å². The lowest BCUT2D eigenvalue weighted by Crippen LogP contribution is -1.95. The van der Waals surface area contributed by atoms with Crippen molar-refractivity contribution in [2.75, 3.05) is 5.73 Å². The van der Waals surface area contributed by atoms with Gasteiger partial charge in [0, 0.05) is 22.6 Å². The third-order valence-corrected chi connectivity index (χ3v) is 3.35. The Balaban J connectivity index is 2.69. The number of nitrogens with zero attached hydrogens (tertiary/aromatic N) is 2. The van der Waals surface area contributed by atoms with E-state index in [1.807, 2.05) is 29.9 Å². The van der Waals surface area contributed by atoms with Gasteiger partial charge in [-0.3, -0.25) is 4.68 Å². The van der Waals surface area contributed by atoms with Crippen LogP contribution in [0.4, 0.5) is 5.82 Å². The number of rotatable bonds is 2. The molecule has 0 radical (unpaired) electrons. The van der Waals surface area contributed by atoms with Crippen LogP contribution in [0, 0.1) is 0 Å². The molecule has 3 nitrogen and oxygen atoms in total. The van der Waals surface area contributed by atoms with Crippen LogP contribution in [-0.2, 0) is 13.5 Å². The highest BCUT2D eigenvalue weighted by Crippen LogP contribution is 2.32. The number of aromatic nitrogens is 2. The van der Waals surface area contributed by atoms with Crippen molar-refractivity contribution in [2.45, 2.75) is 13.3 Å². The van der Waals surface area contributed by atoms with Gasteiger partial charge in [-0.1, -0.05) is 41.1 Å². The molecular weight excluding hydrogens is 266 g/mol. The average molecular weight is 280 g/mol. The number of hydrogen-bond donors (Lipinski definition) is 1. The minimum absolute atomic E-state index is 0.621. The largest absolute Gasteiger partial charge is 0.382 e. The van der Waals surface area contributed by atoms with Gasteiger partial charge < -0.3 is 5.73 Å². The first-order valence-electron chi connectivity index (χ1n) is 5.21. The first kappa shape index (κ1) is 11.2. The number of anilines is 1. The number of hydrogen-bond acceptors (Lipinski definition) is 2. The summed E-state index contributed by atoms with van der Waals surface area (Å²) in [6.07, 6.45) is 0.885. The van der Waals surface area contributed by atoms with Crippen LogP contribution >= 0.6 is 15.9 Å². The van der Waals surface area contributed by atoms with Crippen molar-refractivity contribution in [2.24, 2.45) is 7.05 Å². The lowest BCUT2D eigenvalue weighted by Gasteiger charge is -2.07. The predicted molar refractivity (Wildman–Crippen MR) is 70.1 cm³/mol. The number of halogens is 1. The van der Waals surface area contributed by atoms with E-state index in [4.69, 9.17) is 5.73 Å². The van der Waals surface area contributed by atoms with E-state index >= 15 is 0 Å². The van der Waals surface area contributed by atoms with Crippen LogP contribution in [0.1, 0.15) is 12.5 Å². The number of nitrogens with two attached hydrogens (primary N) is 1. The standard InChI is InChI=1S/C12H14BrN3/c1-3-8-11(16(2)15-12(8)14)9-6-4-5-7-10(9)13/h4-7H,3H2,1-2H3,(H2,14,15). The molecule has 0 spiro atoms. The van der Waals surface area contributed by atoms with E-state index in [2.05, 4.69) is 34.0 Å². The van der Waals surface area contributed by atoms with Gasteiger partial charge in [0.2, 0.25) is 0 Å². The molecule has 2 rings (SSSR count). The molecule has 0 amide bonds. The minimum Gasteiger partial charge on any atom is -0.382 e. The van der Waals surface area contributed by atoms with Gasteiger partial charge in [-0.2, -0.15) is 5.10 Å². The van der Waals surface area contributed by atoms with Gasteiger partial charge in [-0.25, -0.2) is 0 Å². The van der Waals surface area contributed by atoms with Gasteiger partial charge in [0.15, 0.2) is 0 Å². The molecule has 0 fully saturated rings. The van der Waals surface area contributed by atoms with Crippen LogP contribution in [0.15, 0.2) is 28.7 Å². The van der Waals surface area contributed by atoms with Crippen molar-refractivity contribution >= 4 is 21.7 Å². The Labute approximate surface area is 103 Å². The molecular formula is C12H14BrN3. The summed E-state index contributed by atoms with van der Waals surface area (Å²) >= 11 is 3.56. The van der Waals surface area contributed by atoms with E-state index in [0.29, 0.717) is 5.82 Å². The summed E-state index contributed by atoms with van der Waals surface area (Å²) in [6.45, 7) is 2.09. The Morgan fingerprint density at radius 1 is 1.38 bits per heavy atom. The number of nitrogen functional groups attached to an aromatic ring is 1. The zero-order chi connectivity index (χ0) is 11.7. The third-order valence-electron chi connectivity index (χ3n) is 2.66. The smallest absolute Gasteiger partial charge is 0.149 e. The molecule has 84 valence electrons.